The summed E-state index contributed by atoms with van der Waals surface area (Å²) in [6.07, 6.45) is 3.19. The molecular weight excluding hydrogens is 302 g/mol. The molecule has 0 aliphatic carbocycles. The number of aromatic nitrogens is 3. The number of piperidine rings is 1. The quantitative estimate of drug-likeness (QED) is 0.884. The molecule has 0 spiro atoms. The Morgan fingerprint density at radius 3 is 3.09 bits per heavy atom. The molecule has 3 rings (SSSR count). The van der Waals surface area contributed by atoms with Crippen molar-refractivity contribution in [3.63, 3.8) is 0 Å². The molecule has 1 aliphatic rings. The first-order valence-corrected chi connectivity index (χ1v) is 8.26. The molecule has 2 aromatic rings. The van der Waals surface area contributed by atoms with Gasteiger partial charge in [0.2, 0.25) is 5.91 Å². The average Bonchev–Trinajstić information content (AvgIpc) is 2.92. The van der Waals surface area contributed by atoms with Crippen molar-refractivity contribution >= 4 is 32.7 Å². The molecule has 2 N–H and O–H groups in total. The van der Waals surface area contributed by atoms with E-state index in [0.717, 1.165) is 24.5 Å². The second-order valence-electron chi connectivity index (χ2n) is 5.83. The van der Waals surface area contributed by atoms with E-state index in [-0.39, 0.29) is 23.4 Å². The Morgan fingerprint density at radius 1 is 1.55 bits per heavy atom. The van der Waals surface area contributed by atoms with E-state index in [1.807, 2.05) is 13.8 Å². The largest absolute Gasteiger partial charge is 0.354 e. The van der Waals surface area contributed by atoms with E-state index in [1.165, 1.54) is 17.7 Å². The normalized spacial score (nSPS) is 18.9. The van der Waals surface area contributed by atoms with Crippen LogP contribution in [0, 0.1) is 5.92 Å². The first-order chi connectivity index (χ1) is 10.5. The summed E-state index contributed by atoms with van der Waals surface area (Å²) in [6.45, 7) is 5.41. The van der Waals surface area contributed by atoms with E-state index in [4.69, 9.17) is 0 Å². The zero-order valence-corrected chi connectivity index (χ0v) is 13.4. The van der Waals surface area contributed by atoms with Crippen LogP contribution in [-0.4, -0.2) is 40.0 Å². The van der Waals surface area contributed by atoms with Gasteiger partial charge >= 0.3 is 0 Å². The van der Waals surface area contributed by atoms with E-state index in [9.17, 15) is 9.59 Å². The molecule has 3 heterocycles. The van der Waals surface area contributed by atoms with Gasteiger partial charge in [-0.15, -0.1) is 0 Å². The fraction of sp³-hybridized carbons (Fsp3) is 0.571. The van der Waals surface area contributed by atoms with Crippen molar-refractivity contribution in [3.05, 3.63) is 16.7 Å². The van der Waals surface area contributed by atoms with Gasteiger partial charge in [-0.25, -0.2) is 4.98 Å². The lowest BCUT2D eigenvalue weighted by molar-refractivity contribution is -0.125. The van der Waals surface area contributed by atoms with E-state index >= 15 is 0 Å². The molecule has 7 nitrogen and oxygen atoms in total. The highest BCUT2D eigenvalue weighted by Gasteiger charge is 2.28. The molecule has 22 heavy (non-hydrogen) atoms. The first kappa shape index (κ1) is 15.0. The van der Waals surface area contributed by atoms with Crippen LogP contribution in [0.5, 0.6) is 0 Å². The summed E-state index contributed by atoms with van der Waals surface area (Å²) in [6, 6.07) is 0.146. The standard InChI is InChI=1S/C14H19N5O2S/c1-8(2)17-12(20)9-4-3-5-19(6-9)14-18-11-10(22-14)13(21)16-7-15-11/h7-9H,3-6H2,1-2H3,(H,17,20)(H,15,16,21). The smallest absolute Gasteiger partial charge is 0.270 e. The van der Waals surface area contributed by atoms with Crippen molar-refractivity contribution in [2.45, 2.75) is 32.7 Å². The number of hydrogen-bond donors (Lipinski definition) is 2. The second-order valence-corrected chi connectivity index (χ2v) is 6.81. The Morgan fingerprint density at radius 2 is 2.36 bits per heavy atom. The highest BCUT2D eigenvalue weighted by Crippen LogP contribution is 2.29. The fourth-order valence-electron chi connectivity index (χ4n) is 2.66. The maximum absolute atomic E-state index is 12.2. The SMILES string of the molecule is CC(C)NC(=O)C1CCCN(c2nc3nc[nH]c(=O)c3s2)C1. The molecular formula is C14H19N5O2S. The van der Waals surface area contributed by atoms with Crippen LogP contribution < -0.4 is 15.8 Å². The molecule has 1 saturated heterocycles. The topological polar surface area (TPSA) is 91.0 Å². The van der Waals surface area contributed by atoms with Crippen LogP contribution in [0.2, 0.25) is 0 Å². The molecule has 1 fully saturated rings. The number of hydrogen-bond acceptors (Lipinski definition) is 6. The summed E-state index contributed by atoms with van der Waals surface area (Å²) in [4.78, 5) is 37.1. The van der Waals surface area contributed by atoms with Crippen molar-refractivity contribution in [1.82, 2.24) is 20.3 Å². The van der Waals surface area contributed by atoms with Crippen molar-refractivity contribution < 1.29 is 4.79 Å². The van der Waals surface area contributed by atoms with Gasteiger partial charge in [-0.3, -0.25) is 9.59 Å². The number of carbonyl (C=O) groups excluding carboxylic acids is 1. The number of nitrogens with one attached hydrogen (secondary N) is 2. The minimum Gasteiger partial charge on any atom is -0.354 e. The van der Waals surface area contributed by atoms with E-state index in [1.54, 1.807) is 0 Å². The van der Waals surface area contributed by atoms with Gasteiger partial charge in [0.15, 0.2) is 10.8 Å². The van der Waals surface area contributed by atoms with E-state index in [2.05, 4.69) is 25.2 Å². The maximum Gasteiger partial charge on any atom is 0.270 e. The Bertz CT molecular complexity index is 738. The summed E-state index contributed by atoms with van der Waals surface area (Å²) in [5.74, 6) is 0.0613. The predicted octanol–water partition coefficient (Wildman–Crippen LogP) is 1.12. The lowest BCUT2D eigenvalue weighted by Crippen LogP contribution is -2.44. The summed E-state index contributed by atoms with van der Waals surface area (Å²) < 4.78 is 0.534. The van der Waals surface area contributed by atoms with Crippen LogP contribution in [0.25, 0.3) is 10.3 Å². The second kappa shape index (κ2) is 6.04. The zero-order valence-electron chi connectivity index (χ0n) is 12.6. The number of rotatable bonds is 3. The third kappa shape index (κ3) is 2.96. The van der Waals surface area contributed by atoms with Gasteiger partial charge < -0.3 is 15.2 Å². The van der Waals surface area contributed by atoms with E-state index < -0.39 is 0 Å². The Labute approximate surface area is 131 Å². The molecule has 1 aliphatic heterocycles. The van der Waals surface area contributed by atoms with Crippen LogP contribution in [0.1, 0.15) is 26.7 Å². The van der Waals surface area contributed by atoms with Crippen molar-refractivity contribution in [1.29, 1.82) is 0 Å². The molecule has 1 unspecified atom stereocenters. The average molecular weight is 321 g/mol. The van der Waals surface area contributed by atoms with Gasteiger partial charge in [-0.2, -0.15) is 4.98 Å². The number of aromatic amines is 1. The highest BCUT2D eigenvalue weighted by molar-refractivity contribution is 7.22. The molecule has 0 radical (unpaired) electrons. The summed E-state index contributed by atoms with van der Waals surface area (Å²) >= 11 is 1.33. The number of amides is 1. The minimum atomic E-state index is -0.167. The molecule has 0 saturated carbocycles. The van der Waals surface area contributed by atoms with Crippen LogP contribution in [-0.2, 0) is 4.79 Å². The van der Waals surface area contributed by atoms with Crippen LogP contribution in [0.3, 0.4) is 0 Å². The number of nitrogens with zero attached hydrogens (tertiary/aromatic N) is 3. The van der Waals surface area contributed by atoms with Crippen LogP contribution in [0.15, 0.2) is 11.1 Å². The van der Waals surface area contributed by atoms with Crippen LogP contribution in [0.4, 0.5) is 5.13 Å². The molecule has 8 heteroatoms. The van der Waals surface area contributed by atoms with Gasteiger partial charge in [-0.1, -0.05) is 11.3 Å². The number of carbonyl (C=O) groups is 1. The van der Waals surface area contributed by atoms with Crippen LogP contribution >= 0.6 is 11.3 Å². The van der Waals surface area contributed by atoms with Crippen molar-refractivity contribution in [3.8, 4) is 0 Å². The lowest BCUT2D eigenvalue weighted by Gasteiger charge is -2.32. The van der Waals surface area contributed by atoms with Crippen molar-refractivity contribution in [2.24, 2.45) is 5.92 Å². The summed E-state index contributed by atoms with van der Waals surface area (Å²) in [5.41, 5.74) is 0.303. The Hall–Kier alpha value is -1.96. The molecule has 2 aromatic heterocycles. The molecule has 0 bridgehead atoms. The fourth-order valence-corrected chi connectivity index (χ4v) is 3.61. The molecule has 118 valence electrons. The monoisotopic (exact) mass is 321 g/mol. The van der Waals surface area contributed by atoms with Crippen molar-refractivity contribution in [2.75, 3.05) is 18.0 Å². The predicted molar refractivity (Wildman–Crippen MR) is 86.3 cm³/mol. The van der Waals surface area contributed by atoms with Gasteiger partial charge in [0.1, 0.15) is 4.70 Å². The zero-order chi connectivity index (χ0) is 15.7. The van der Waals surface area contributed by atoms with Gasteiger partial charge in [0.25, 0.3) is 5.56 Å². The highest BCUT2D eigenvalue weighted by atomic mass is 32.1. The van der Waals surface area contributed by atoms with Gasteiger partial charge in [0, 0.05) is 19.1 Å². The number of fused-ring (bicyclic) bond motifs is 1. The Kier molecular flexibility index (Phi) is 4.10. The third-order valence-electron chi connectivity index (χ3n) is 3.68. The maximum atomic E-state index is 12.2. The molecule has 1 atom stereocenters. The van der Waals surface area contributed by atoms with E-state index in [0.29, 0.717) is 16.9 Å². The number of thiazole rings is 1. The summed E-state index contributed by atoms with van der Waals surface area (Å²) in [5, 5.41) is 3.74. The molecule has 0 aromatic carbocycles. The number of anilines is 1. The Balaban J connectivity index is 1.80. The minimum absolute atomic E-state index is 0.0330. The number of H-pyrrole nitrogens is 1. The van der Waals surface area contributed by atoms with Gasteiger partial charge in [-0.05, 0) is 26.7 Å². The summed E-state index contributed by atoms with van der Waals surface area (Å²) in [7, 11) is 0. The molecule has 1 amide bonds. The van der Waals surface area contributed by atoms with Gasteiger partial charge in [0.05, 0.1) is 12.2 Å². The lowest BCUT2D eigenvalue weighted by atomic mass is 9.97. The third-order valence-corrected chi connectivity index (χ3v) is 4.78. The first-order valence-electron chi connectivity index (χ1n) is 7.44.